The van der Waals surface area contributed by atoms with Crippen LogP contribution in [0.4, 0.5) is 10.6 Å². The molecular formula is C40H54ClN7O3. The van der Waals surface area contributed by atoms with E-state index in [2.05, 4.69) is 57.4 Å². The van der Waals surface area contributed by atoms with Gasteiger partial charge in [-0.05, 0) is 82.8 Å². The Bertz CT molecular complexity index is 1950. The molecule has 10 nitrogen and oxygen atoms in total. The molecule has 1 saturated heterocycles. The second-order valence-corrected chi connectivity index (χ2v) is 15.7. The quantitative estimate of drug-likeness (QED) is 0.170. The molecule has 0 aliphatic carbocycles. The van der Waals surface area contributed by atoms with Crippen molar-refractivity contribution in [1.82, 2.24) is 29.3 Å². The maximum atomic E-state index is 14.7. The number of hydrogen-bond donors (Lipinski definition) is 0. The van der Waals surface area contributed by atoms with E-state index in [0.717, 1.165) is 35.5 Å². The van der Waals surface area contributed by atoms with E-state index in [4.69, 9.17) is 31.3 Å². The number of anilines is 1. The molecule has 0 saturated carbocycles. The predicted octanol–water partition coefficient (Wildman–Crippen LogP) is 8.42. The van der Waals surface area contributed by atoms with Crippen LogP contribution in [0, 0.1) is 0 Å². The van der Waals surface area contributed by atoms with Gasteiger partial charge >= 0.3 is 11.8 Å². The lowest BCUT2D eigenvalue weighted by atomic mass is 9.95. The lowest BCUT2D eigenvalue weighted by Gasteiger charge is -2.44. The Morgan fingerprint density at radius 2 is 1.69 bits per heavy atom. The average Bonchev–Trinajstić information content (AvgIpc) is 3.06. The summed E-state index contributed by atoms with van der Waals surface area (Å²) in [6.45, 7) is 25.6. The zero-order valence-electron chi connectivity index (χ0n) is 32.1. The predicted molar refractivity (Wildman–Crippen MR) is 207 cm³/mol. The van der Waals surface area contributed by atoms with Crippen LogP contribution in [-0.4, -0.2) is 79.3 Å². The molecule has 0 radical (unpaired) electrons. The summed E-state index contributed by atoms with van der Waals surface area (Å²) in [6.07, 6.45) is 1.47. The highest BCUT2D eigenvalue weighted by molar-refractivity contribution is 6.34. The largest absolute Gasteiger partial charge is 0.444 e. The van der Waals surface area contributed by atoms with Crippen LogP contribution in [0.15, 0.2) is 47.4 Å². The van der Waals surface area contributed by atoms with Crippen molar-refractivity contribution in [3.05, 3.63) is 74.9 Å². The van der Waals surface area contributed by atoms with Gasteiger partial charge in [0.25, 0.3) is 0 Å². The lowest BCUT2D eigenvalue weighted by molar-refractivity contribution is 0.0130. The Morgan fingerprint density at radius 3 is 2.31 bits per heavy atom. The molecule has 5 rings (SSSR count). The molecule has 0 N–H and O–H groups in total. The van der Waals surface area contributed by atoms with E-state index in [1.54, 1.807) is 9.47 Å². The van der Waals surface area contributed by atoms with Crippen LogP contribution in [0.1, 0.15) is 105 Å². The minimum atomic E-state index is -0.612. The van der Waals surface area contributed by atoms with Crippen LogP contribution < -0.4 is 10.6 Å². The summed E-state index contributed by atoms with van der Waals surface area (Å²) in [4.78, 5) is 49.0. The second-order valence-electron chi connectivity index (χ2n) is 15.3. The van der Waals surface area contributed by atoms with Gasteiger partial charge in [-0.1, -0.05) is 77.4 Å². The van der Waals surface area contributed by atoms with E-state index in [0.29, 0.717) is 52.9 Å². The first-order valence-electron chi connectivity index (χ1n) is 18.2. The van der Waals surface area contributed by atoms with E-state index in [9.17, 15) is 9.59 Å². The second kappa shape index (κ2) is 15.3. The standard InChI is InChI=1S/C40H54ClN7O3/c1-12-45(13-2)23-28-18-19-42-33(25(5)6)35(28)48-37-31(20-32(41)34(43-37)30-17-15-14-16-29(30)24(3)4)36(44-38(48)49)46-21-27(8)47(22-26(46)7)39(50)51-40(9,10)11/h14-20,24-27H,12-13,21-23H2,1-11H3/t26-,27-/m0/s1. The number of carbonyl (C=O) groups excluding carboxylic acids is 1. The molecular weight excluding hydrogens is 662 g/mol. The number of carbonyl (C=O) groups is 1. The van der Waals surface area contributed by atoms with E-state index < -0.39 is 11.3 Å². The SMILES string of the molecule is CCN(CC)Cc1ccnc(C(C)C)c1-n1c(=O)nc(N2C[C@H](C)N(C(=O)OC(C)(C)C)C[C@@H]2C)c2cc(Cl)c(-c3ccccc3C(C)C)nc21. The van der Waals surface area contributed by atoms with Gasteiger partial charge in [-0.25, -0.2) is 19.1 Å². The topological polar surface area (TPSA) is 96.7 Å². The van der Waals surface area contributed by atoms with Crippen molar-refractivity contribution in [3.8, 4) is 16.9 Å². The van der Waals surface area contributed by atoms with Gasteiger partial charge in [0.2, 0.25) is 0 Å². The highest BCUT2D eigenvalue weighted by Gasteiger charge is 2.37. The summed E-state index contributed by atoms with van der Waals surface area (Å²) in [5, 5.41) is 1.12. The molecule has 1 aromatic carbocycles. The third-order valence-corrected chi connectivity index (χ3v) is 9.91. The molecule has 11 heteroatoms. The van der Waals surface area contributed by atoms with Crippen LogP contribution in [0.5, 0.6) is 0 Å². The normalized spacial score (nSPS) is 16.9. The number of aromatic nitrogens is 4. The fraction of sp³-hybridized carbons (Fsp3) is 0.525. The molecule has 1 aliphatic heterocycles. The van der Waals surface area contributed by atoms with E-state index in [1.165, 1.54) is 0 Å². The average molecular weight is 716 g/mol. The van der Waals surface area contributed by atoms with Crippen LogP contribution in [0.2, 0.25) is 5.02 Å². The third-order valence-electron chi connectivity index (χ3n) is 9.62. The van der Waals surface area contributed by atoms with Gasteiger partial charge in [0.15, 0.2) is 5.65 Å². The van der Waals surface area contributed by atoms with Crippen LogP contribution in [0.25, 0.3) is 28.0 Å². The van der Waals surface area contributed by atoms with Crippen molar-refractivity contribution in [2.45, 2.75) is 112 Å². The smallest absolute Gasteiger partial charge is 0.410 e. The van der Waals surface area contributed by atoms with Gasteiger partial charge in [0.05, 0.1) is 27.5 Å². The van der Waals surface area contributed by atoms with Gasteiger partial charge in [0, 0.05) is 43.5 Å². The van der Waals surface area contributed by atoms with E-state index in [1.807, 2.05) is 71.1 Å². The van der Waals surface area contributed by atoms with E-state index >= 15 is 0 Å². The van der Waals surface area contributed by atoms with Crippen molar-refractivity contribution in [2.75, 3.05) is 31.1 Å². The monoisotopic (exact) mass is 715 g/mol. The lowest BCUT2D eigenvalue weighted by Crippen LogP contribution is -2.59. The van der Waals surface area contributed by atoms with Crippen molar-refractivity contribution < 1.29 is 9.53 Å². The maximum absolute atomic E-state index is 14.7. The zero-order chi connectivity index (χ0) is 37.4. The van der Waals surface area contributed by atoms with Crippen molar-refractivity contribution in [1.29, 1.82) is 0 Å². The number of piperazine rings is 1. The first-order valence-corrected chi connectivity index (χ1v) is 18.6. The molecule has 2 atom stereocenters. The highest BCUT2D eigenvalue weighted by Crippen LogP contribution is 2.38. The highest BCUT2D eigenvalue weighted by atomic mass is 35.5. The Kier molecular flexibility index (Phi) is 11.5. The number of ether oxygens (including phenoxy) is 1. The molecule has 0 spiro atoms. The minimum Gasteiger partial charge on any atom is -0.444 e. The summed E-state index contributed by atoms with van der Waals surface area (Å²) >= 11 is 7.19. The van der Waals surface area contributed by atoms with Gasteiger partial charge in [-0.15, -0.1) is 0 Å². The molecule has 3 aromatic heterocycles. The molecule has 51 heavy (non-hydrogen) atoms. The van der Waals surface area contributed by atoms with Gasteiger partial charge in [0.1, 0.15) is 11.4 Å². The van der Waals surface area contributed by atoms with Crippen molar-refractivity contribution >= 4 is 34.5 Å². The number of fused-ring (bicyclic) bond motifs is 1. The summed E-state index contributed by atoms with van der Waals surface area (Å²) in [5.41, 5.74) is 4.53. The van der Waals surface area contributed by atoms with Crippen LogP contribution in [-0.2, 0) is 11.3 Å². The fourth-order valence-electron chi connectivity index (χ4n) is 6.94. The molecule has 0 bridgehead atoms. The first kappa shape index (κ1) is 38.2. The molecule has 4 heterocycles. The number of nitrogens with zero attached hydrogens (tertiary/aromatic N) is 7. The molecule has 1 fully saturated rings. The summed E-state index contributed by atoms with van der Waals surface area (Å²) < 4.78 is 7.39. The Morgan fingerprint density at radius 1 is 1.00 bits per heavy atom. The maximum Gasteiger partial charge on any atom is 0.410 e. The third kappa shape index (κ3) is 7.92. The number of rotatable bonds is 9. The van der Waals surface area contributed by atoms with Gasteiger partial charge in [-0.3, -0.25) is 9.88 Å². The molecule has 1 aliphatic rings. The Balaban J connectivity index is 1.80. The number of amides is 1. The molecule has 1 amide bonds. The Labute approximate surface area is 307 Å². The van der Waals surface area contributed by atoms with Gasteiger partial charge in [-0.2, -0.15) is 4.98 Å². The summed E-state index contributed by atoms with van der Waals surface area (Å²) in [5.74, 6) is 0.737. The molecule has 4 aromatic rings. The van der Waals surface area contributed by atoms with Crippen LogP contribution >= 0.6 is 11.6 Å². The van der Waals surface area contributed by atoms with E-state index in [-0.39, 0.29) is 30.0 Å². The zero-order valence-corrected chi connectivity index (χ0v) is 32.9. The van der Waals surface area contributed by atoms with Crippen molar-refractivity contribution in [3.63, 3.8) is 0 Å². The van der Waals surface area contributed by atoms with Crippen molar-refractivity contribution in [2.24, 2.45) is 0 Å². The number of halogens is 1. The van der Waals surface area contributed by atoms with Crippen LogP contribution in [0.3, 0.4) is 0 Å². The molecule has 0 unspecified atom stereocenters. The summed E-state index contributed by atoms with van der Waals surface area (Å²) in [6, 6.07) is 11.7. The Hall–Kier alpha value is -4.02. The summed E-state index contributed by atoms with van der Waals surface area (Å²) in [7, 11) is 0. The number of hydrogen-bond acceptors (Lipinski definition) is 8. The van der Waals surface area contributed by atoms with Gasteiger partial charge < -0.3 is 14.5 Å². The minimum absolute atomic E-state index is 0.0218. The number of pyridine rings is 2. The number of benzene rings is 1. The molecule has 274 valence electrons. The fourth-order valence-corrected chi connectivity index (χ4v) is 7.19. The first-order chi connectivity index (χ1) is 24.1.